The molecule has 1 saturated carbocycles. The minimum atomic E-state index is -0.758. The van der Waals surface area contributed by atoms with Gasteiger partial charge in [-0.2, -0.15) is 0 Å². The maximum Gasteiger partial charge on any atom is 0.162 e. The van der Waals surface area contributed by atoms with Crippen LogP contribution in [-0.4, -0.2) is 0 Å². The standard InChI is InChI=1S/C25H32F2/c1-2-4-19-7-9-20(10-8-19)11-12-21-13-15-22(16-14-21)17-18-23-5-3-6-24(26)25(23)27/h3,5-6,13-16,19-20H,2,4,7-12,17-18H2,1H3. The Hall–Kier alpha value is -1.70. The van der Waals surface area contributed by atoms with E-state index in [4.69, 9.17) is 0 Å². The largest absolute Gasteiger partial charge is 0.204 e. The van der Waals surface area contributed by atoms with Crippen LogP contribution in [0.5, 0.6) is 0 Å². The lowest BCUT2D eigenvalue weighted by Crippen LogP contribution is -2.15. The van der Waals surface area contributed by atoms with Crippen molar-refractivity contribution in [2.45, 2.75) is 71.1 Å². The van der Waals surface area contributed by atoms with E-state index in [2.05, 4.69) is 31.2 Å². The summed E-state index contributed by atoms with van der Waals surface area (Å²) in [4.78, 5) is 0. The van der Waals surface area contributed by atoms with E-state index in [9.17, 15) is 8.78 Å². The van der Waals surface area contributed by atoms with Crippen LogP contribution in [0, 0.1) is 23.5 Å². The summed E-state index contributed by atoms with van der Waals surface area (Å²) in [5.41, 5.74) is 3.03. The molecule has 0 heterocycles. The van der Waals surface area contributed by atoms with Gasteiger partial charge in [0.05, 0.1) is 0 Å². The van der Waals surface area contributed by atoms with Crippen LogP contribution in [-0.2, 0) is 19.3 Å². The molecule has 0 bridgehead atoms. The third-order valence-corrected chi connectivity index (χ3v) is 6.24. The van der Waals surface area contributed by atoms with Gasteiger partial charge in [0.15, 0.2) is 11.6 Å². The van der Waals surface area contributed by atoms with Gasteiger partial charge in [0.2, 0.25) is 0 Å². The second-order valence-corrected chi connectivity index (χ2v) is 8.24. The molecule has 0 radical (unpaired) electrons. The fourth-order valence-electron chi connectivity index (χ4n) is 4.48. The zero-order chi connectivity index (χ0) is 19.1. The first-order valence-corrected chi connectivity index (χ1v) is 10.7. The van der Waals surface area contributed by atoms with Crippen molar-refractivity contribution in [1.82, 2.24) is 0 Å². The number of benzene rings is 2. The highest BCUT2D eigenvalue weighted by Gasteiger charge is 2.20. The highest BCUT2D eigenvalue weighted by molar-refractivity contribution is 5.25. The molecule has 0 atom stereocenters. The predicted molar refractivity (Wildman–Crippen MR) is 109 cm³/mol. The number of hydrogen-bond donors (Lipinski definition) is 0. The molecule has 0 aromatic heterocycles. The van der Waals surface area contributed by atoms with Gasteiger partial charge in [0.1, 0.15) is 0 Å². The third kappa shape index (κ3) is 5.89. The van der Waals surface area contributed by atoms with E-state index >= 15 is 0 Å². The third-order valence-electron chi connectivity index (χ3n) is 6.24. The Balaban J connectivity index is 1.43. The summed E-state index contributed by atoms with van der Waals surface area (Å²) >= 11 is 0. The van der Waals surface area contributed by atoms with Gasteiger partial charge in [-0.3, -0.25) is 0 Å². The van der Waals surface area contributed by atoms with Crippen LogP contribution in [0.4, 0.5) is 8.78 Å². The minimum Gasteiger partial charge on any atom is -0.204 e. The van der Waals surface area contributed by atoms with Crippen LogP contribution < -0.4 is 0 Å². The lowest BCUT2D eigenvalue weighted by atomic mass is 9.78. The summed E-state index contributed by atoms with van der Waals surface area (Å²) in [6.45, 7) is 2.30. The first-order chi connectivity index (χ1) is 13.2. The number of hydrogen-bond acceptors (Lipinski definition) is 0. The van der Waals surface area contributed by atoms with Crippen LogP contribution in [0.25, 0.3) is 0 Å². The van der Waals surface area contributed by atoms with Crippen LogP contribution in [0.3, 0.4) is 0 Å². The Kier molecular flexibility index (Phi) is 7.43. The SMILES string of the molecule is CCCC1CCC(CCc2ccc(CCc3cccc(F)c3F)cc2)CC1. The van der Waals surface area contributed by atoms with Crippen molar-refractivity contribution >= 4 is 0 Å². The predicted octanol–water partition coefficient (Wildman–Crippen LogP) is 7.29. The van der Waals surface area contributed by atoms with E-state index in [1.54, 1.807) is 12.1 Å². The Morgan fingerprint density at radius 2 is 1.33 bits per heavy atom. The topological polar surface area (TPSA) is 0 Å². The Labute approximate surface area is 163 Å². The molecule has 2 aromatic carbocycles. The van der Waals surface area contributed by atoms with Gasteiger partial charge in [-0.05, 0) is 60.3 Å². The summed E-state index contributed by atoms with van der Waals surface area (Å²) in [6.07, 6.45) is 12.1. The fourth-order valence-corrected chi connectivity index (χ4v) is 4.48. The summed E-state index contributed by atoms with van der Waals surface area (Å²) in [5.74, 6) is 0.413. The van der Waals surface area contributed by atoms with E-state index in [-0.39, 0.29) is 0 Å². The minimum absolute atomic E-state index is 0.456. The van der Waals surface area contributed by atoms with Crippen molar-refractivity contribution in [1.29, 1.82) is 0 Å². The van der Waals surface area contributed by atoms with Gasteiger partial charge in [-0.1, -0.05) is 81.8 Å². The monoisotopic (exact) mass is 370 g/mol. The molecule has 0 amide bonds. The van der Waals surface area contributed by atoms with Gasteiger partial charge in [0.25, 0.3) is 0 Å². The molecular weight excluding hydrogens is 338 g/mol. The molecule has 1 aliphatic carbocycles. The molecule has 0 aliphatic heterocycles. The summed E-state index contributed by atoms with van der Waals surface area (Å²) in [7, 11) is 0. The molecule has 1 fully saturated rings. The molecular formula is C25H32F2. The van der Waals surface area contributed by atoms with Crippen LogP contribution in [0.1, 0.15) is 68.6 Å². The van der Waals surface area contributed by atoms with Gasteiger partial charge in [-0.25, -0.2) is 8.78 Å². The maximum atomic E-state index is 13.7. The first-order valence-electron chi connectivity index (χ1n) is 10.7. The zero-order valence-electron chi connectivity index (χ0n) is 16.5. The number of rotatable bonds is 8. The normalized spacial score (nSPS) is 20.0. The average Bonchev–Trinajstić information content (AvgIpc) is 2.70. The van der Waals surface area contributed by atoms with Crippen molar-refractivity contribution in [3.63, 3.8) is 0 Å². The average molecular weight is 371 g/mol. The van der Waals surface area contributed by atoms with E-state index in [0.717, 1.165) is 24.7 Å². The molecule has 0 unspecified atom stereocenters. The van der Waals surface area contributed by atoms with Gasteiger partial charge >= 0.3 is 0 Å². The highest BCUT2D eigenvalue weighted by atomic mass is 19.2. The molecule has 1 aliphatic rings. The fraction of sp³-hybridized carbons (Fsp3) is 0.520. The summed E-state index contributed by atoms with van der Waals surface area (Å²) < 4.78 is 27.0. The van der Waals surface area contributed by atoms with Crippen LogP contribution in [0.2, 0.25) is 0 Å². The van der Waals surface area contributed by atoms with Gasteiger partial charge in [0, 0.05) is 0 Å². The van der Waals surface area contributed by atoms with Crippen molar-refractivity contribution in [3.8, 4) is 0 Å². The molecule has 0 saturated heterocycles. The summed E-state index contributed by atoms with van der Waals surface area (Å²) in [5, 5.41) is 0. The summed E-state index contributed by atoms with van der Waals surface area (Å²) in [6, 6.07) is 13.1. The highest BCUT2D eigenvalue weighted by Crippen LogP contribution is 2.33. The molecule has 0 nitrogen and oxygen atoms in total. The van der Waals surface area contributed by atoms with E-state index < -0.39 is 11.6 Å². The van der Waals surface area contributed by atoms with Crippen LogP contribution in [0.15, 0.2) is 42.5 Å². The van der Waals surface area contributed by atoms with E-state index in [1.165, 1.54) is 62.1 Å². The second-order valence-electron chi connectivity index (χ2n) is 8.24. The maximum absolute atomic E-state index is 13.7. The Morgan fingerprint density at radius 3 is 1.96 bits per heavy atom. The quantitative estimate of drug-likeness (QED) is 0.458. The van der Waals surface area contributed by atoms with Crippen molar-refractivity contribution < 1.29 is 8.78 Å². The number of aryl methyl sites for hydroxylation is 3. The first kappa shape index (κ1) is 20.0. The Morgan fingerprint density at radius 1 is 0.741 bits per heavy atom. The molecule has 27 heavy (non-hydrogen) atoms. The van der Waals surface area contributed by atoms with Gasteiger partial charge in [-0.15, -0.1) is 0 Å². The van der Waals surface area contributed by atoms with Crippen molar-refractivity contribution in [2.24, 2.45) is 11.8 Å². The smallest absolute Gasteiger partial charge is 0.162 e. The molecule has 2 heteroatoms. The van der Waals surface area contributed by atoms with Crippen molar-refractivity contribution in [3.05, 3.63) is 70.8 Å². The Bertz CT molecular complexity index is 697. The van der Waals surface area contributed by atoms with Gasteiger partial charge < -0.3 is 0 Å². The molecule has 0 spiro atoms. The molecule has 2 aromatic rings. The lowest BCUT2D eigenvalue weighted by molar-refractivity contribution is 0.252. The zero-order valence-corrected chi connectivity index (χ0v) is 16.5. The molecule has 146 valence electrons. The van der Waals surface area contributed by atoms with E-state index in [1.807, 2.05) is 0 Å². The molecule has 3 rings (SSSR count). The van der Waals surface area contributed by atoms with E-state index in [0.29, 0.717) is 12.0 Å². The second kappa shape index (κ2) is 10.0. The van der Waals surface area contributed by atoms with Crippen LogP contribution >= 0.6 is 0 Å². The number of halogens is 2. The lowest BCUT2D eigenvalue weighted by Gasteiger charge is -2.28. The van der Waals surface area contributed by atoms with Crippen molar-refractivity contribution in [2.75, 3.05) is 0 Å². The molecule has 0 N–H and O–H groups in total.